The van der Waals surface area contributed by atoms with E-state index in [1.54, 1.807) is 29.0 Å². The van der Waals surface area contributed by atoms with Crippen molar-refractivity contribution in [3.63, 3.8) is 0 Å². The van der Waals surface area contributed by atoms with E-state index in [9.17, 15) is 9.59 Å². The third kappa shape index (κ3) is 3.46. The normalized spacial score (nSPS) is 11.9. The lowest BCUT2D eigenvalue weighted by Gasteiger charge is -2.20. The van der Waals surface area contributed by atoms with Crippen molar-refractivity contribution in [3.05, 3.63) is 94.3 Å². The molecule has 2 heterocycles. The number of rotatable bonds is 5. The van der Waals surface area contributed by atoms with Gasteiger partial charge in [-0.2, -0.15) is 0 Å². The summed E-state index contributed by atoms with van der Waals surface area (Å²) in [6.07, 6.45) is 3.20. The molecule has 0 saturated heterocycles. The van der Waals surface area contributed by atoms with Crippen LogP contribution in [-0.4, -0.2) is 10.5 Å². The van der Waals surface area contributed by atoms with Gasteiger partial charge in [0.05, 0.1) is 18.8 Å². The van der Waals surface area contributed by atoms with Gasteiger partial charge in [0, 0.05) is 17.8 Å². The van der Waals surface area contributed by atoms with Gasteiger partial charge in [0.25, 0.3) is 11.5 Å². The monoisotopic (exact) mass is 322 g/mol. The van der Waals surface area contributed by atoms with E-state index in [4.69, 9.17) is 4.42 Å². The first-order valence-electron chi connectivity index (χ1n) is 7.70. The number of benzene rings is 1. The van der Waals surface area contributed by atoms with E-state index in [0.717, 1.165) is 11.1 Å². The molecule has 3 rings (SSSR count). The Morgan fingerprint density at radius 1 is 1.12 bits per heavy atom. The van der Waals surface area contributed by atoms with Gasteiger partial charge in [-0.3, -0.25) is 9.59 Å². The van der Waals surface area contributed by atoms with Gasteiger partial charge in [0.2, 0.25) is 0 Å². The third-order valence-electron chi connectivity index (χ3n) is 3.85. The molecule has 0 spiro atoms. The number of aromatic nitrogens is 1. The van der Waals surface area contributed by atoms with Gasteiger partial charge in [0.1, 0.15) is 0 Å². The van der Waals surface area contributed by atoms with Gasteiger partial charge >= 0.3 is 0 Å². The second kappa shape index (κ2) is 7.00. The first kappa shape index (κ1) is 15.8. The molecule has 0 aliphatic heterocycles. The molecule has 0 aliphatic rings. The molecule has 122 valence electrons. The van der Waals surface area contributed by atoms with Crippen LogP contribution < -0.4 is 10.9 Å². The number of nitrogens with zero attached hydrogens (tertiary/aromatic N) is 1. The average Bonchev–Trinajstić information content (AvgIpc) is 3.03. The maximum Gasteiger partial charge on any atom is 0.287 e. The van der Waals surface area contributed by atoms with Crippen molar-refractivity contribution in [1.29, 1.82) is 0 Å². The summed E-state index contributed by atoms with van der Waals surface area (Å²) >= 11 is 0. The lowest BCUT2D eigenvalue weighted by Crippen LogP contribution is -2.34. The summed E-state index contributed by atoms with van der Waals surface area (Å²) in [5.41, 5.74) is 1.59. The standard InChI is InChI=1S/C19H18N2O3/c1-14-10-12-24-18(14)19(23)20-16(15-7-3-2-4-8-15)13-21-11-6-5-9-17(21)22/h2-12,16H,13H2,1H3,(H,20,23). The van der Waals surface area contributed by atoms with Gasteiger partial charge in [-0.05, 0) is 24.6 Å². The lowest BCUT2D eigenvalue weighted by atomic mass is 10.1. The topological polar surface area (TPSA) is 64.2 Å². The molecule has 1 aromatic carbocycles. The Hall–Kier alpha value is -3.08. The molecule has 5 nitrogen and oxygen atoms in total. The Balaban J connectivity index is 1.88. The minimum Gasteiger partial charge on any atom is -0.459 e. The molecule has 1 amide bonds. The van der Waals surface area contributed by atoms with Crippen LogP contribution in [-0.2, 0) is 6.54 Å². The Bertz CT molecular complexity index is 881. The van der Waals surface area contributed by atoms with E-state index in [2.05, 4.69) is 5.32 Å². The van der Waals surface area contributed by atoms with Crippen LogP contribution in [0.15, 0.2) is 76.3 Å². The van der Waals surface area contributed by atoms with E-state index in [1.807, 2.05) is 37.3 Å². The first-order chi connectivity index (χ1) is 11.6. The SMILES string of the molecule is Cc1ccoc1C(=O)NC(Cn1ccccc1=O)c1ccccc1. The first-order valence-corrected chi connectivity index (χ1v) is 7.70. The van der Waals surface area contributed by atoms with Crippen molar-refractivity contribution < 1.29 is 9.21 Å². The number of hydrogen-bond acceptors (Lipinski definition) is 3. The summed E-state index contributed by atoms with van der Waals surface area (Å²) in [6, 6.07) is 16.0. The summed E-state index contributed by atoms with van der Waals surface area (Å²) in [6.45, 7) is 2.16. The number of carbonyl (C=O) groups is 1. The Kier molecular flexibility index (Phi) is 4.61. The Morgan fingerprint density at radius 2 is 1.88 bits per heavy atom. The summed E-state index contributed by atoms with van der Waals surface area (Å²) in [4.78, 5) is 24.5. The van der Waals surface area contributed by atoms with Gasteiger partial charge < -0.3 is 14.3 Å². The number of amides is 1. The summed E-state index contributed by atoms with van der Waals surface area (Å²) in [5.74, 6) is -0.00771. The fourth-order valence-corrected chi connectivity index (χ4v) is 2.56. The fourth-order valence-electron chi connectivity index (χ4n) is 2.56. The second-order valence-electron chi connectivity index (χ2n) is 5.56. The molecule has 2 aromatic heterocycles. The van der Waals surface area contributed by atoms with Gasteiger partial charge in [-0.15, -0.1) is 0 Å². The highest BCUT2D eigenvalue weighted by molar-refractivity contribution is 5.93. The van der Waals surface area contributed by atoms with Crippen molar-refractivity contribution in [3.8, 4) is 0 Å². The van der Waals surface area contributed by atoms with Gasteiger partial charge in [0.15, 0.2) is 5.76 Å². The molecular weight excluding hydrogens is 304 g/mol. The molecule has 0 fully saturated rings. The van der Waals surface area contributed by atoms with Crippen LogP contribution in [0.1, 0.15) is 27.7 Å². The number of aryl methyl sites for hydroxylation is 1. The van der Waals surface area contributed by atoms with E-state index in [1.165, 1.54) is 12.3 Å². The minimum absolute atomic E-state index is 0.109. The average molecular weight is 322 g/mol. The van der Waals surface area contributed by atoms with Crippen LogP contribution in [0.5, 0.6) is 0 Å². The van der Waals surface area contributed by atoms with Gasteiger partial charge in [-0.25, -0.2) is 0 Å². The largest absolute Gasteiger partial charge is 0.459 e. The third-order valence-corrected chi connectivity index (χ3v) is 3.85. The van der Waals surface area contributed by atoms with Crippen LogP contribution >= 0.6 is 0 Å². The molecular formula is C19H18N2O3. The zero-order chi connectivity index (χ0) is 16.9. The summed E-state index contributed by atoms with van der Waals surface area (Å²) in [7, 11) is 0. The molecule has 1 atom stereocenters. The summed E-state index contributed by atoms with van der Waals surface area (Å²) in [5, 5.41) is 2.96. The molecule has 0 aliphatic carbocycles. The molecule has 5 heteroatoms. The van der Waals surface area contributed by atoms with Crippen molar-refractivity contribution >= 4 is 5.91 Å². The zero-order valence-electron chi connectivity index (χ0n) is 13.3. The number of nitrogens with one attached hydrogen (secondary N) is 1. The summed E-state index contributed by atoms with van der Waals surface area (Å²) < 4.78 is 6.83. The molecule has 24 heavy (non-hydrogen) atoms. The predicted octanol–water partition coefficient (Wildman–Crippen LogP) is 2.92. The lowest BCUT2D eigenvalue weighted by molar-refractivity contribution is 0.0903. The van der Waals surface area contributed by atoms with E-state index >= 15 is 0 Å². The van der Waals surface area contributed by atoms with E-state index in [0.29, 0.717) is 6.54 Å². The molecule has 0 bridgehead atoms. The van der Waals surface area contributed by atoms with E-state index in [-0.39, 0.29) is 23.3 Å². The van der Waals surface area contributed by atoms with Crippen LogP contribution in [0.2, 0.25) is 0 Å². The van der Waals surface area contributed by atoms with Crippen LogP contribution in [0.4, 0.5) is 0 Å². The van der Waals surface area contributed by atoms with Crippen molar-refractivity contribution in [1.82, 2.24) is 9.88 Å². The quantitative estimate of drug-likeness (QED) is 0.785. The Morgan fingerprint density at radius 3 is 2.54 bits per heavy atom. The van der Waals surface area contributed by atoms with Crippen LogP contribution in [0, 0.1) is 6.92 Å². The minimum atomic E-state index is -0.344. The predicted molar refractivity (Wildman–Crippen MR) is 90.8 cm³/mol. The van der Waals surface area contributed by atoms with Crippen molar-refractivity contribution in [2.45, 2.75) is 19.5 Å². The maximum atomic E-state index is 12.5. The van der Waals surface area contributed by atoms with Crippen molar-refractivity contribution in [2.24, 2.45) is 0 Å². The number of furan rings is 1. The highest BCUT2D eigenvalue weighted by Crippen LogP contribution is 2.17. The number of carbonyl (C=O) groups excluding carboxylic acids is 1. The number of pyridine rings is 1. The second-order valence-corrected chi connectivity index (χ2v) is 5.56. The smallest absolute Gasteiger partial charge is 0.287 e. The molecule has 1 N–H and O–H groups in total. The fraction of sp³-hybridized carbons (Fsp3) is 0.158. The van der Waals surface area contributed by atoms with Crippen molar-refractivity contribution in [2.75, 3.05) is 0 Å². The zero-order valence-corrected chi connectivity index (χ0v) is 13.3. The van der Waals surface area contributed by atoms with Crippen LogP contribution in [0.3, 0.4) is 0 Å². The van der Waals surface area contributed by atoms with E-state index < -0.39 is 0 Å². The molecule has 0 saturated carbocycles. The van der Waals surface area contributed by atoms with Gasteiger partial charge in [-0.1, -0.05) is 36.4 Å². The molecule has 3 aromatic rings. The molecule has 1 unspecified atom stereocenters. The maximum absolute atomic E-state index is 12.5. The number of hydrogen-bond donors (Lipinski definition) is 1. The molecule has 0 radical (unpaired) electrons. The van der Waals surface area contributed by atoms with Crippen LogP contribution in [0.25, 0.3) is 0 Å². The Labute approximate surface area is 139 Å². The highest BCUT2D eigenvalue weighted by atomic mass is 16.3. The highest BCUT2D eigenvalue weighted by Gasteiger charge is 2.19.